The van der Waals surface area contributed by atoms with Gasteiger partial charge < -0.3 is 10.2 Å². The van der Waals surface area contributed by atoms with Crippen LogP contribution in [0, 0.1) is 0 Å². The first-order valence-electron chi connectivity index (χ1n) is 5.54. The van der Waals surface area contributed by atoms with E-state index in [1.165, 1.54) is 0 Å². The van der Waals surface area contributed by atoms with E-state index in [1.807, 2.05) is 21.0 Å². The molecule has 0 bridgehead atoms. The fourth-order valence-corrected chi connectivity index (χ4v) is 2.51. The number of nitrogens with one attached hydrogen (secondary N) is 1. The lowest BCUT2D eigenvalue weighted by molar-refractivity contribution is 0.402. The van der Waals surface area contributed by atoms with Gasteiger partial charge in [-0.1, -0.05) is 13.3 Å². The van der Waals surface area contributed by atoms with Gasteiger partial charge in [0, 0.05) is 19.6 Å². The summed E-state index contributed by atoms with van der Waals surface area (Å²) in [6.45, 7) is 4.36. The van der Waals surface area contributed by atoms with E-state index < -0.39 is 9.84 Å². The molecule has 0 saturated heterocycles. The summed E-state index contributed by atoms with van der Waals surface area (Å²) in [6.07, 6.45) is 1.72. The molecular weight excluding hydrogens is 212 g/mol. The first-order chi connectivity index (χ1) is 6.98. The molecule has 0 spiro atoms. The Hall–Kier alpha value is -0.130. The van der Waals surface area contributed by atoms with Crippen molar-refractivity contribution in [2.24, 2.45) is 0 Å². The topological polar surface area (TPSA) is 49.4 Å². The van der Waals surface area contributed by atoms with Crippen LogP contribution in [0.25, 0.3) is 0 Å². The number of sulfone groups is 1. The molecule has 0 aliphatic heterocycles. The van der Waals surface area contributed by atoms with Gasteiger partial charge in [-0.3, -0.25) is 0 Å². The van der Waals surface area contributed by atoms with Crippen molar-refractivity contribution in [3.8, 4) is 0 Å². The molecule has 0 aromatic carbocycles. The number of rotatable bonds is 9. The van der Waals surface area contributed by atoms with Crippen LogP contribution in [0.3, 0.4) is 0 Å². The molecule has 92 valence electrons. The Kier molecular flexibility index (Phi) is 8.00. The highest BCUT2D eigenvalue weighted by Crippen LogP contribution is 1.95. The Morgan fingerprint density at radius 1 is 1.13 bits per heavy atom. The minimum absolute atomic E-state index is 0.264. The predicted octanol–water partition coefficient (Wildman–Crippen LogP) is 0.353. The minimum atomic E-state index is -2.82. The lowest BCUT2D eigenvalue weighted by Crippen LogP contribution is -2.30. The highest BCUT2D eigenvalue weighted by Gasteiger charge is 2.08. The zero-order valence-electron chi connectivity index (χ0n) is 10.1. The maximum Gasteiger partial charge on any atom is 0.151 e. The first-order valence-corrected chi connectivity index (χ1v) is 7.36. The monoisotopic (exact) mass is 236 g/mol. The molecule has 4 nitrogen and oxygen atoms in total. The zero-order valence-corrected chi connectivity index (χ0v) is 10.9. The average molecular weight is 236 g/mol. The molecule has 0 aromatic rings. The first kappa shape index (κ1) is 14.9. The van der Waals surface area contributed by atoms with Crippen molar-refractivity contribution in [1.29, 1.82) is 0 Å². The van der Waals surface area contributed by atoms with Gasteiger partial charge in [-0.15, -0.1) is 0 Å². The molecule has 0 amide bonds. The molecule has 0 unspecified atom stereocenters. The van der Waals surface area contributed by atoms with E-state index in [0.717, 1.165) is 25.9 Å². The highest BCUT2D eigenvalue weighted by molar-refractivity contribution is 7.91. The maximum atomic E-state index is 11.4. The molecule has 5 heteroatoms. The predicted molar refractivity (Wildman–Crippen MR) is 65.0 cm³/mol. The summed E-state index contributed by atoms with van der Waals surface area (Å²) in [4.78, 5) is 2.07. The largest absolute Gasteiger partial charge is 0.314 e. The minimum Gasteiger partial charge on any atom is -0.314 e. The second-order valence-electron chi connectivity index (χ2n) is 4.06. The van der Waals surface area contributed by atoms with Gasteiger partial charge >= 0.3 is 0 Å². The SMILES string of the molecule is CCCCS(=O)(=O)CCNCCN(C)C. The number of nitrogens with zero attached hydrogens (tertiary/aromatic N) is 1. The Labute approximate surface area is 94.0 Å². The van der Waals surface area contributed by atoms with E-state index >= 15 is 0 Å². The molecular formula is C10H24N2O2S. The molecule has 0 fully saturated rings. The summed E-state index contributed by atoms with van der Waals surface area (Å²) in [5.41, 5.74) is 0. The Balaban J connectivity index is 3.49. The van der Waals surface area contributed by atoms with E-state index in [-0.39, 0.29) is 5.75 Å². The Bertz CT molecular complexity index is 238. The lowest BCUT2D eigenvalue weighted by atomic mass is 10.4. The Morgan fingerprint density at radius 3 is 2.33 bits per heavy atom. The number of likely N-dealkylation sites (N-methyl/N-ethyl adjacent to an activating group) is 1. The van der Waals surface area contributed by atoms with Crippen molar-refractivity contribution in [3.05, 3.63) is 0 Å². The quantitative estimate of drug-likeness (QED) is 0.587. The molecule has 0 aliphatic carbocycles. The van der Waals surface area contributed by atoms with Gasteiger partial charge in [0.2, 0.25) is 0 Å². The van der Waals surface area contributed by atoms with Crippen LogP contribution in [0.5, 0.6) is 0 Å². The van der Waals surface area contributed by atoms with E-state index in [2.05, 4.69) is 10.2 Å². The molecule has 0 aliphatic rings. The average Bonchev–Trinajstić information content (AvgIpc) is 2.14. The van der Waals surface area contributed by atoms with Gasteiger partial charge in [-0.25, -0.2) is 8.42 Å². The number of unbranched alkanes of at least 4 members (excludes halogenated alkanes) is 1. The van der Waals surface area contributed by atoms with Gasteiger partial charge in [0.05, 0.1) is 11.5 Å². The standard InChI is InChI=1S/C10H24N2O2S/c1-4-5-9-15(13,14)10-7-11-6-8-12(2)3/h11H,4-10H2,1-3H3. The van der Waals surface area contributed by atoms with Crippen LogP contribution in [0.2, 0.25) is 0 Å². The van der Waals surface area contributed by atoms with E-state index in [1.54, 1.807) is 0 Å². The molecule has 0 atom stereocenters. The van der Waals surface area contributed by atoms with Gasteiger partial charge in [0.15, 0.2) is 9.84 Å². The second kappa shape index (κ2) is 8.07. The smallest absolute Gasteiger partial charge is 0.151 e. The second-order valence-corrected chi connectivity index (χ2v) is 6.36. The van der Waals surface area contributed by atoms with Crippen molar-refractivity contribution in [2.45, 2.75) is 19.8 Å². The van der Waals surface area contributed by atoms with Crippen LogP contribution in [0.1, 0.15) is 19.8 Å². The van der Waals surface area contributed by atoms with Crippen molar-refractivity contribution in [2.75, 3.05) is 45.2 Å². The molecule has 0 rings (SSSR count). The van der Waals surface area contributed by atoms with Gasteiger partial charge in [-0.2, -0.15) is 0 Å². The van der Waals surface area contributed by atoms with Crippen LogP contribution in [0.15, 0.2) is 0 Å². The number of hydrogen-bond acceptors (Lipinski definition) is 4. The van der Waals surface area contributed by atoms with E-state index in [9.17, 15) is 8.42 Å². The van der Waals surface area contributed by atoms with Crippen molar-refractivity contribution < 1.29 is 8.42 Å². The highest BCUT2D eigenvalue weighted by atomic mass is 32.2. The van der Waals surface area contributed by atoms with Crippen LogP contribution in [-0.2, 0) is 9.84 Å². The van der Waals surface area contributed by atoms with E-state index in [0.29, 0.717) is 12.3 Å². The van der Waals surface area contributed by atoms with E-state index in [4.69, 9.17) is 0 Å². The zero-order chi connectivity index (χ0) is 11.7. The third-order valence-corrected chi connectivity index (χ3v) is 3.87. The summed E-state index contributed by atoms with van der Waals surface area (Å²) in [6, 6.07) is 0. The molecule has 0 saturated carbocycles. The van der Waals surface area contributed by atoms with Crippen molar-refractivity contribution in [1.82, 2.24) is 10.2 Å². The lowest BCUT2D eigenvalue weighted by Gasteiger charge is -2.10. The molecule has 0 heterocycles. The molecule has 1 N–H and O–H groups in total. The fourth-order valence-electron chi connectivity index (χ4n) is 1.12. The molecule has 15 heavy (non-hydrogen) atoms. The third-order valence-electron chi connectivity index (χ3n) is 2.13. The van der Waals surface area contributed by atoms with Crippen LogP contribution < -0.4 is 5.32 Å². The summed E-state index contributed by atoms with van der Waals surface area (Å²) in [5, 5.41) is 3.13. The third kappa shape index (κ3) is 10.2. The van der Waals surface area contributed by atoms with Crippen LogP contribution >= 0.6 is 0 Å². The Morgan fingerprint density at radius 2 is 1.80 bits per heavy atom. The summed E-state index contributed by atoms with van der Waals surface area (Å²) < 4.78 is 22.9. The van der Waals surface area contributed by atoms with Crippen molar-refractivity contribution >= 4 is 9.84 Å². The maximum absolute atomic E-state index is 11.4. The summed E-state index contributed by atoms with van der Waals surface area (Å²) in [7, 11) is 1.18. The van der Waals surface area contributed by atoms with Gasteiger partial charge in [0.1, 0.15) is 0 Å². The van der Waals surface area contributed by atoms with Gasteiger partial charge in [-0.05, 0) is 20.5 Å². The fraction of sp³-hybridized carbons (Fsp3) is 1.00. The summed E-state index contributed by atoms with van der Waals surface area (Å²) >= 11 is 0. The summed E-state index contributed by atoms with van der Waals surface area (Å²) in [5.74, 6) is 0.597. The van der Waals surface area contributed by atoms with Crippen molar-refractivity contribution in [3.63, 3.8) is 0 Å². The normalized spacial score (nSPS) is 12.3. The van der Waals surface area contributed by atoms with Gasteiger partial charge in [0.25, 0.3) is 0 Å². The van der Waals surface area contributed by atoms with Crippen LogP contribution in [-0.4, -0.2) is 58.6 Å². The molecule has 0 aromatic heterocycles. The molecule has 0 radical (unpaired) electrons. The number of hydrogen-bond donors (Lipinski definition) is 1. The van der Waals surface area contributed by atoms with Crippen LogP contribution in [0.4, 0.5) is 0 Å².